The fourth-order valence-corrected chi connectivity index (χ4v) is 6.92. The Labute approximate surface area is 163 Å². The van der Waals surface area contributed by atoms with E-state index >= 15 is 0 Å². The monoisotopic (exact) mass is 380 g/mol. The molecule has 8 atom stereocenters. The minimum Gasteiger partial charge on any atom is -0.465 e. The van der Waals surface area contributed by atoms with Crippen molar-refractivity contribution in [2.24, 2.45) is 34.0 Å². The molecule has 0 aromatic carbocycles. The molecular formula is C22H36O5. The number of Topliss-reactive ketones (excluding diaryl/α,β-unsaturated/α-hetero) is 1. The molecule has 3 aliphatic rings. The molecule has 5 nitrogen and oxygen atoms in total. The first-order valence-corrected chi connectivity index (χ1v) is 10.4. The van der Waals surface area contributed by atoms with Crippen LogP contribution in [0.25, 0.3) is 0 Å². The number of hydrogen-bond donors (Lipinski definition) is 1. The Kier molecular flexibility index (Phi) is 5.26. The van der Waals surface area contributed by atoms with Crippen LogP contribution in [0, 0.1) is 34.0 Å². The minimum absolute atomic E-state index is 0.0431. The first-order valence-electron chi connectivity index (χ1n) is 10.4. The number of aliphatic hydroxyl groups is 1. The largest absolute Gasteiger partial charge is 0.465 e. The summed E-state index contributed by atoms with van der Waals surface area (Å²) in [4.78, 5) is 25.1. The summed E-state index contributed by atoms with van der Waals surface area (Å²) in [7, 11) is 1.76. The lowest BCUT2D eigenvalue weighted by atomic mass is 9.44. The molecular weight excluding hydrogens is 344 g/mol. The van der Waals surface area contributed by atoms with E-state index in [1.807, 2.05) is 6.92 Å². The molecule has 154 valence electrons. The smallest absolute Gasteiger partial charge is 0.302 e. The normalized spacial score (nSPS) is 49.9. The van der Waals surface area contributed by atoms with Crippen LogP contribution < -0.4 is 0 Å². The maximum absolute atomic E-state index is 13.7. The Balaban J connectivity index is 2.11. The van der Waals surface area contributed by atoms with Crippen LogP contribution >= 0.6 is 0 Å². The predicted octanol–water partition coefficient (Wildman–Crippen LogP) is 3.37. The second-order valence-corrected chi connectivity index (χ2v) is 9.98. The molecule has 2 bridgehead atoms. The zero-order valence-corrected chi connectivity index (χ0v) is 17.7. The van der Waals surface area contributed by atoms with Crippen molar-refractivity contribution < 1.29 is 24.2 Å². The molecule has 0 radical (unpaired) electrons. The summed E-state index contributed by atoms with van der Waals surface area (Å²) in [6.07, 6.45) is 3.70. The SMILES string of the molecule is CO[C@@H]1CCC23CC[C@@H](C)[C@](C)(C12)[C@H](O)C[C@@](C)(COC(C)=O)C(=O)[C@@H]3C. The Morgan fingerprint density at radius 1 is 1.22 bits per heavy atom. The summed E-state index contributed by atoms with van der Waals surface area (Å²) in [5.41, 5.74) is -1.31. The summed E-state index contributed by atoms with van der Waals surface area (Å²) in [6.45, 7) is 9.77. The average Bonchev–Trinajstić information content (AvgIpc) is 3.02. The molecule has 27 heavy (non-hydrogen) atoms. The van der Waals surface area contributed by atoms with Crippen molar-refractivity contribution in [2.45, 2.75) is 78.9 Å². The van der Waals surface area contributed by atoms with Crippen molar-refractivity contribution in [3.63, 3.8) is 0 Å². The maximum Gasteiger partial charge on any atom is 0.302 e. The van der Waals surface area contributed by atoms with Gasteiger partial charge >= 0.3 is 5.97 Å². The number of esters is 1. The molecule has 3 saturated carbocycles. The Morgan fingerprint density at radius 3 is 2.44 bits per heavy atom. The summed E-state index contributed by atoms with van der Waals surface area (Å²) in [5.74, 6) is 0.124. The van der Waals surface area contributed by atoms with Gasteiger partial charge in [-0.3, -0.25) is 9.59 Å². The lowest BCUT2D eigenvalue weighted by Crippen LogP contribution is -2.62. The van der Waals surface area contributed by atoms with E-state index in [0.29, 0.717) is 12.3 Å². The first kappa shape index (κ1) is 20.8. The molecule has 0 aromatic rings. The Morgan fingerprint density at radius 2 is 1.85 bits per heavy atom. The predicted molar refractivity (Wildman–Crippen MR) is 102 cm³/mol. The van der Waals surface area contributed by atoms with Crippen molar-refractivity contribution >= 4 is 11.8 Å². The van der Waals surface area contributed by atoms with Gasteiger partial charge in [0.15, 0.2) is 0 Å². The van der Waals surface area contributed by atoms with E-state index in [0.717, 1.165) is 25.7 Å². The second kappa shape index (κ2) is 6.84. The van der Waals surface area contributed by atoms with Crippen LogP contribution in [0.4, 0.5) is 0 Å². The van der Waals surface area contributed by atoms with Gasteiger partial charge in [0.25, 0.3) is 0 Å². The topological polar surface area (TPSA) is 72.8 Å². The quantitative estimate of drug-likeness (QED) is 0.760. The number of carbonyl (C=O) groups is 2. The van der Waals surface area contributed by atoms with Crippen molar-refractivity contribution in [1.82, 2.24) is 0 Å². The molecule has 2 unspecified atom stereocenters. The fraction of sp³-hybridized carbons (Fsp3) is 0.909. The molecule has 3 aliphatic carbocycles. The highest BCUT2D eigenvalue weighted by Gasteiger charge is 2.67. The highest BCUT2D eigenvalue weighted by molar-refractivity contribution is 5.88. The lowest BCUT2D eigenvalue weighted by molar-refractivity contribution is -0.195. The van der Waals surface area contributed by atoms with Crippen LogP contribution in [-0.2, 0) is 19.1 Å². The van der Waals surface area contributed by atoms with E-state index in [1.165, 1.54) is 6.92 Å². The van der Waals surface area contributed by atoms with Crippen molar-refractivity contribution in [3.8, 4) is 0 Å². The number of rotatable bonds is 3. The van der Waals surface area contributed by atoms with Gasteiger partial charge in [-0.2, -0.15) is 0 Å². The second-order valence-electron chi connectivity index (χ2n) is 9.98. The highest BCUT2D eigenvalue weighted by Crippen LogP contribution is 2.68. The molecule has 0 heterocycles. The van der Waals surface area contributed by atoms with Gasteiger partial charge in [-0.1, -0.05) is 20.8 Å². The molecule has 3 fully saturated rings. The van der Waals surface area contributed by atoms with Crippen molar-refractivity contribution in [1.29, 1.82) is 0 Å². The van der Waals surface area contributed by atoms with Crippen LogP contribution in [0.5, 0.6) is 0 Å². The van der Waals surface area contributed by atoms with E-state index in [9.17, 15) is 14.7 Å². The zero-order chi connectivity index (χ0) is 20.2. The van der Waals surface area contributed by atoms with Crippen LogP contribution in [0.3, 0.4) is 0 Å². The standard InChI is InChI=1S/C22H36O5/c1-13-7-9-22-10-8-16(26-6)18(22)21(13,5)17(24)11-20(4,12-27-15(3)23)19(25)14(22)2/h13-14,16-18,24H,7-12H2,1-6H3/t13-,14+,16-,17-,18?,20+,21+,22?/m1/s1. The molecule has 0 amide bonds. The summed E-state index contributed by atoms with van der Waals surface area (Å²) < 4.78 is 11.2. The fourth-order valence-electron chi connectivity index (χ4n) is 6.92. The van der Waals surface area contributed by atoms with E-state index in [-0.39, 0.29) is 47.1 Å². The number of methoxy groups -OCH3 is 1. The summed E-state index contributed by atoms with van der Waals surface area (Å²) in [6, 6.07) is 0. The number of aliphatic hydroxyl groups excluding tert-OH is 1. The molecule has 0 aliphatic heterocycles. The van der Waals surface area contributed by atoms with Crippen LogP contribution in [0.1, 0.15) is 66.7 Å². The molecule has 0 saturated heterocycles. The van der Waals surface area contributed by atoms with E-state index in [4.69, 9.17) is 9.47 Å². The zero-order valence-electron chi connectivity index (χ0n) is 17.7. The van der Waals surface area contributed by atoms with Crippen molar-refractivity contribution in [3.05, 3.63) is 0 Å². The molecule has 0 spiro atoms. The van der Waals surface area contributed by atoms with Crippen LogP contribution in [0.2, 0.25) is 0 Å². The summed E-state index contributed by atoms with van der Waals surface area (Å²) >= 11 is 0. The maximum atomic E-state index is 13.7. The first-order chi connectivity index (χ1) is 12.5. The van der Waals surface area contributed by atoms with Gasteiger partial charge in [-0.15, -0.1) is 0 Å². The summed E-state index contributed by atoms with van der Waals surface area (Å²) in [5, 5.41) is 11.5. The van der Waals surface area contributed by atoms with Gasteiger partial charge in [-0.25, -0.2) is 0 Å². The van der Waals surface area contributed by atoms with Crippen LogP contribution in [-0.4, -0.2) is 42.8 Å². The third-order valence-electron chi connectivity index (χ3n) is 8.77. The van der Waals surface area contributed by atoms with E-state index in [2.05, 4.69) is 20.8 Å². The van der Waals surface area contributed by atoms with Gasteiger partial charge in [0.2, 0.25) is 0 Å². The van der Waals surface area contributed by atoms with E-state index < -0.39 is 11.5 Å². The van der Waals surface area contributed by atoms with Gasteiger partial charge in [0.05, 0.1) is 17.6 Å². The lowest BCUT2D eigenvalue weighted by Gasteiger charge is -2.61. The van der Waals surface area contributed by atoms with E-state index in [1.54, 1.807) is 7.11 Å². The molecule has 3 rings (SSSR count). The molecule has 0 aromatic heterocycles. The highest BCUT2D eigenvalue weighted by atomic mass is 16.5. The number of ether oxygens (including phenoxy) is 2. The third-order valence-corrected chi connectivity index (χ3v) is 8.77. The Hall–Kier alpha value is -0.940. The average molecular weight is 381 g/mol. The number of hydrogen-bond acceptors (Lipinski definition) is 5. The third kappa shape index (κ3) is 2.88. The number of carbonyl (C=O) groups excluding carboxylic acids is 2. The Bertz CT molecular complexity index is 618. The molecule has 5 heteroatoms. The van der Waals surface area contributed by atoms with Gasteiger partial charge in [0, 0.05) is 25.4 Å². The van der Waals surface area contributed by atoms with Crippen LogP contribution in [0.15, 0.2) is 0 Å². The van der Waals surface area contributed by atoms with Gasteiger partial charge < -0.3 is 14.6 Å². The van der Waals surface area contributed by atoms with Crippen molar-refractivity contribution in [2.75, 3.05) is 13.7 Å². The number of ketones is 1. The molecule has 1 N–H and O–H groups in total. The van der Waals surface area contributed by atoms with Gasteiger partial charge in [-0.05, 0) is 56.3 Å². The van der Waals surface area contributed by atoms with Gasteiger partial charge in [0.1, 0.15) is 12.4 Å². The minimum atomic E-state index is -0.855.